The lowest BCUT2D eigenvalue weighted by Gasteiger charge is -2.24. The number of Topliss-reactive ketones (excluding diaryl/α,β-unsaturated/α-hetero) is 1. The second-order valence-electron chi connectivity index (χ2n) is 6.97. The summed E-state index contributed by atoms with van der Waals surface area (Å²) < 4.78 is 5.35. The maximum Gasteiger partial charge on any atom is 0.296 e. The molecule has 4 rings (SSSR count). The van der Waals surface area contributed by atoms with Crippen molar-refractivity contribution < 1.29 is 24.2 Å². The molecule has 0 unspecified atom stereocenters. The first kappa shape index (κ1) is 18.6. The third-order valence-corrected chi connectivity index (χ3v) is 4.96. The van der Waals surface area contributed by atoms with Crippen molar-refractivity contribution in [2.75, 3.05) is 0 Å². The van der Waals surface area contributed by atoms with Crippen LogP contribution in [0.25, 0.3) is 5.76 Å². The number of hydrogen-bond donors (Lipinski definition) is 2. The molecule has 1 aliphatic rings. The number of hydrogen-bond acceptors (Lipinski definition) is 5. The van der Waals surface area contributed by atoms with E-state index in [0.29, 0.717) is 16.9 Å². The lowest BCUT2D eigenvalue weighted by molar-refractivity contribution is -0.140. The van der Waals surface area contributed by atoms with Crippen molar-refractivity contribution >= 4 is 17.4 Å². The van der Waals surface area contributed by atoms with E-state index in [1.807, 2.05) is 19.1 Å². The number of aliphatic hydroxyl groups is 1. The molecule has 0 aliphatic carbocycles. The predicted molar refractivity (Wildman–Crippen MR) is 106 cm³/mol. The Morgan fingerprint density at radius 3 is 2.48 bits per heavy atom. The smallest absolute Gasteiger partial charge is 0.296 e. The number of rotatable bonds is 4. The first-order valence-electron chi connectivity index (χ1n) is 9.12. The van der Waals surface area contributed by atoms with E-state index in [1.165, 1.54) is 23.3 Å². The molecule has 0 spiro atoms. The Hall–Kier alpha value is -3.80. The van der Waals surface area contributed by atoms with Crippen LogP contribution in [0.4, 0.5) is 0 Å². The summed E-state index contributed by atoms with van der Waals surface area (Å²) in [5, 5.41) is 20.9. The summed E-state index contributed by atoms with van der Waals surface area (Å²) in [7, 11) is 0. The molecule has 1 aromatic heterocycles. The average molecular weight is 389 g/mol. The van der Waals surface area contributed by atoms with Gasteiger partial charge in [0.05, 0.1) is 24.4 Å². The molecule has 3 aromatic rings. The van der Waals surface area contributed by atoms with Gasteiger partial charge in [0.15, 0.2) is 0 Å². The molecule has 0 saturated carbocycles. The van der Waals surface area contributed by atoms with E-state index in [1.54, 1.807) is 36.4 Å². The minimum atomic E-state index is -0.853. The van der Waals surface area contributed by atoms with E-state index in [2.05, 4.69) is 0 Å². The number of aryl methyl sites for hydroxylation is 1. The summed E-state index contributed by atoms with van der Waals surface area (Å²) in [6.45, 7) is 1.97. The Bertz CT molecular complexity index is 1100. The number of likely N-dealkylation sites (tertiary alicyclic amines) is 1. The topological polar surface area (TPSA) is 91.0 Å². The van der Waals surface area contributed by atoms with E-state index in [-0.39, 0.29) is 23.6 Å². The van der Waals surface area contributed by atoms with Gasteiger partial charge in [-0.25, -0.2) is 0 Å². The third kappa shape index (κ3) is 3.40. The number of furan rings is 1. The second kappa shape index (κ2) is 7.31. The SMILES string of the molecule is Cc1ccc(/C(O)=C2\C(=O)C(=O)N(Cc3ccco3)[C@@H]2c2cccc(O)c2)cc1. The Morgan fingerprint density at radius 1 is 1.07 bits per heavy atom. The predicted octanol–water partition coefficient (Wildman–Crippen LogP) is 3.92. The van der Waals surface area contributed by atoms with Gasteiger partial charge in [0.25, 0.3) is 11.7 Å². The maximum absolute atomic E-state index is 12.9. The second-order valence-corrected chi connectivity index (χ2v) is 6.97. The van der Waals surface area contributed by atoms with Crippen molar-refractivity contribution in [3.63, 3.8) is 0 Å². The van der Waals surface area contributed by atoms with Crippen LogP contribution in [0.15, 0.2) is 76.9 Å². The van der Waals surface area contributed by atoms with E-state index >= 15 is 0 Å². The molecule has 0 bridgehead atoms. The van der Waals surface area contributed by atoms with Crippen molar-refractivity contribution in [3.05, 3.63) is 95.0 Å². The van der Waals surface area contributed by atoms with Crippen molar-refractivity contribution in [1.82, 2.24) is 4.90 Å². The van der Waals surface area contributed by atoms with Crippen LogP contribution in [0.2, 0.25) is 0 Å². The van der Waals surface area contributed by atoms with E-state index in [0.717, 1.165) is 5.56 Å². The fraction of sp³-hybridized carbons (Fsp3) is 0.130. The van der Waals surface area contributed by atoms with Crippen LogP contribution < -0.4 is 0 Å². The third-order valence-electron chi connectivity index (χ3n) is 4.96. The number of phenolic OH excluding ortho intramolecular Hbond substituents is 1. The Kier molecular flexibility index (Phi) is 4.68. The number of nitrogens with zero attached hydrogens (tertiary/aromatic N) is 1. The van der Waals surface area contributed by atoms with Crippen LogP contribution >= 0.6 is 0 Å². The molecule has 2 N–H and O–H groups in total. The van der Waals surface area contributed by atoms with Crippen LogP contribution in [0.5, 0.6) is 5.75 Å². The maximum atomic E-state index is 12.9. The Balaban J connectivity index is 1.87. The van der Waals surface area contributed by atoms with Crippen LogP contribution in [-0.4, -0.2) is 26.8 Å². The minimum absolute atomic E-state index is 0.00132. The first-order valence-corrected chi connectivity index (χ1v) is 9.12. The van der Waals surface area contributed by atoms with Gasteiger partial charge in [-0.3, -0.25) is 9.59 Å². The highest BCUT2D eigenvalue weighted by Gasteiger charge is 2.46. The summed E-state index contributed by atoms with van der Waals surface area (Å²) in [5.74, 6) is -1.25. The van der Waals surface area contributed by atoms with Crippen LogP contribution in [0.1, 0.15) is 28.5 Å². The van der Waals surface area contributed by atoms with Gasteiger partial charge in [-0.05, 0) is 36.8 Å². The number of amides is 1. The molecule has 1 fully saturated rings. The molecule has 1 atom stereocenters. The molecule has 6 heteroatoms. The number of ketones is 1. The van der Waals surface area contributed by atoms with Gasteiger partial charge in [0, 0.05) is 5.56 Å². The van der Waals surface area contributed by atoms with Gasteiger partial charge >= 0.3 is 0 Å². The molecule has 146 valence electrons. The summed E-state index contributed by atoms with van der Waals surface area (Å²) in [4.78, 5) is 27.1. The normalized spacial score (nSPS) is 18.4. The van der Waals surface area contributed by atoms with Gasteiger partial charge in [0.1, 0.15) is 17.3 Å². The monoisotopic (exact) mass is 389 g/mol. The van der Waals surface area contributed by atoms with E-state index < -0.39 is 17.7 Å². The van der Waals surface area contributed by atoms with Crippen LogP contribution in [0.3, 0.4) is 0 Å². The zero-order valence-corrected chi connectivity index (χ0v) is 15.7. The minimum Gasteiger partial charge on any atom is -0.508 e. The fourth-order valence-electron chi connectivity index (χ4n) is 3.52. The molecule has 1 aliphatic heterocycles. The molecule has 2 heterocycles. The zero-order chi connectivity index (χ0) is 20.5. The Labute approximate surface area is 167 Å². The Morgan fingerprint density at radius 2 is 1.83 bits per heavy atom. The zero-order valence-electron chi connectivity index (χ0n) is 15.7. The lowest BCUT2D eigenvalue weighted by Crippen LogP contribution is -2.29. The summed E-state index contributed by atoms with van der Waals surface area (Å²) in [5.41, 5.74) is 1.95. The number of carbonyl (C=O) groups is 2. The summed E-state index contributed by atoms with van der Waals surface area (Å²) in [6.07, 6.45) is 1.49. The van der Waals surface area contributed by atoms with Gasteiger partial charge in [-0.1, -0.05) is 42.0 Å². The van der Waals surface area contributed by atoms with Crippen molar-refractivity contribution in [1.29, 1.82) is 0 Å². The van der Waals surface area contributed by atoms with Gasteiger partial charge in [0.2, 0.25) is 0 Å². The molecule has 29 heavy (non-hydrogen) atoms. The standard InChI is InChI=1S/C23H19NO5/c1-14-7-9-15(10-8-14)21(26)19-20(16-4-2-5-17(25)12-16)24(23(28)22(19)27)13-18-6-3-11-29-18/h2-12,20,25-26H,13H2,1H3/b21-19+/t20-/m1/s1. The van der Waals surface area contributed by atoms with E-state index in [4.69, 9.17) is 4.42 Å². The largest absolute Gasteiger partial charge is 0.508 e. The quantitative estimate of drug-likeness (QED) is 0.401. The molecular formula is C23H19NO5. The lowest BCUT2D eigenvalue weighted by atomic mass is 9.95. The fourth-order valence-corrected chi connectivity index (χ4v) is 3.52. The molecule has 1 amide bonds. The number of phenols is 1. The number of benzene rings is 2. The molecular weight excluding hydrogens is 370 g/mol. The highest BCUT2D eigenvalue weighted by atomic mass is 16.3. The molecule has 1 saturated heterocycles. The van der Waals surface area contributed by atoms with Crippen molar-refractivity contribution in [2.24, 2.45) is 0 Å². The van der Waals surface area contributed by atoms with Gasteiger partial charge in [-0.15, -0.1) is 0 Å². The highest BCUT2D eigenvalue weighted by molar-refractivity contribution is 6.46. The van der Waals surface area contributed by atoms with E-state index in [9.17, 15) is 19.8 Å². The molecule has 0 radical (unpaired) electrons. The van der Waals surface area contributed by atoms with Crippen molar-refractivity contribution in [2.45, 2.75) is 19.5 Å². The van der Waals surface area contributed by atoms with Gasteiger partial charge in [-0.2, -0.15) is 0 Å². The number of aromatic hydroxyl groups is 1. The number of carbonyl (C=O) groups excluding carboxylic acids is 2. The summed E-state index contributed by atoms with van der Waals surface area (Å²) >= 11 is 0. The average Bonchev–Trinajstić information content (AvgIpc) is 3.30. The molecule has 6 nitrogen and oxygen atoms in total. The van der Waals surface area contributed by atoms with Crippen LogP contribution in [0, 0.1) is 6.92 Å². The summed E-state index contributed by atoms with van der Waals surface area (Å²) in [6, 6.07) is 15.9. The number of aliphatic hydroxyl groups excluding tert-OH is 1. The van der Waals surface area contributed by atoms with Gasteiger partial charge < -0.3 is 19.5 Å². The first-order chi connectivity index (χ1) is 14.0. The van der Waals surface area contributed by atoms with Crippen LogP contribution in [-0.2, 0) is 16.1 Å². The van der Waals surface area contributed by atoms with Crippen molar-refractivity contribution in [3.8, 4) is 5.75 Å². The molecule has 2 aromatic carbocycles. The highest BCUT2D eigenvalue weighted by Crippen LogP contribution is 2.41.